The van der Waals surface area contributed by atoms with Crippen molar-refractivity contribution >= 4 is 21.7 Å². The monoisotopic (exact) mass is 255 g/mol. The number of hydrogen-bond acceptors (Lipinski definition) is 3. The Morgan fingerprint density at radius 3 is 2.79 bits per heavy atom. The summed E-state index contributed by atoms with van der Waals surface area (Å²) in [6.07, 6.45) is 0. The molecule has 0 amide bonds. The molecule has 1 fully saturated rings. The van der Waals surface area contributed by atoms with Crippen molar-refractivity contribution in [3.63, 3.8) is 0 Å². The van der Waals surface area contributed by atoms with E-state index >= 15 is 0 Å². The molecule has 1 aromatic rings. The second kappa shape index (κ2) is 4.28. The van der Waals surface area contributed by atoms with Crippen molar-refractivity contribution in [2.75, 3.05) is 31.1 Å². The number of hydrogen-bond donors (Lipinski definition) is 1. The minimum atomic E-state index is 1.04. The van der Waals surface area contributed by atoms with Gasteiger partial charge in [0.1, 0.15) is 5.82 Å². The van der Waals surface area contributed by atoms with Gasteiger partial charge in [0.2, 0.25) is 0 Å². The third-order valence-electron chi connectivity index (χ3n) is 2.38. The lowest BCUT2D eigenvalue weighted by Crippen LogP contribution is -2.44. The molecule has 1 N–H and O–H groups in total. The van der Waals surface area contributed by atoms with Gasteiger partial charge < -0.3 is 10.2 Å². The van der Waals surface area contributed by atoms with E-state index < -0.39 is 0 Å². The number of anilines is 1. The van der Waals surface area contributed by atoms with E-state index in [1.165, 1.54) is 0 Å². The lowest BCUT2D eigenvalue weighted by Gasteiger charge is -2.29. The topological polar surface area (TPSA) is 28.2 Å². The van der Waals surface area contributed by atoms with E-state index in [0.29, 0.717) is 0 Å². The zero-order valence-electron chi connectivity index (χ0n) is 8.26. The van der Waals surface area contributed by atoms with E-state index in [1.807, 2.05) is 13.0 Å². The zero-order chi connectivity index (χ0) is 9.97. The van der Waals surface area contributed by atoms with Crippen LogP contribution >= 0.6 is 15.9 Å². The maximum absolute atomic E-state index is 4.55. The summed E-state index contributed by atoms with van der Waals surface area (Å²) in [6, 6.07) is 4.09. The van der Waals surface area contributed by atoms with Crippen LogP contribution in [-0.2, 0) is 0 Å². The quantitative estimate of drug-likeness (QED) is 0.826. The van der Waals surface area contributed by atoms with Crippen LogP contribution in [-0.4, -0.2) is 31.2 Å². The minimum absolute atomic E-state index is 1.04. The average Bonchev–Trinajstić information content (AvgIpc) is 2.23. The molecule has 0 aromatic carbocycles. The van der Waals surface area contributed by atoms with Gasteiger partial charge in [-0.15, -0.1) is 0 Å². The SMILES string of the molecule is Cc1ccc(Br)c(N2CCNCC2)n1. The Morgan fingerprint density at radius 1 is 1.36 bits per heavy atom. The van der Waals surface area contributed by atoms with Gasteiger partial charge in [0.15, 0.2) is 0 Å². The number of nitrogens with zero attached hydrogens (tertiary/aromatic N) is 2. The molecule has 1 aliphatic heterocycles. The molecule has 0 radical (unpaired) electrons. The van der Waals surface area contributed by atoms with Crippen LogP contribution in [0.2, 0.25) is 0 Å². The molecule has 0 saturated carbocycles. The Labute approximate surface area is 92.6 Å². The maximum atomic E-state index is 4.55. The van der Waals surface area contributed by atoms with Crippen molar-refractivity contribution in [1.29, 1.82) is 0 Å². The van der Waals surface area contributed by atoms with Crippen molar-refractivity contribution in [2.24, 2.45) is 0 Å². The van der Waals surface area contributed by atoms with E-state index in [4.69, 9.17) is 0 Å². The zero-order valence-corrected chi connectivity index (χ0v) is 9.84. The van der Waals surface area contributed by atoms with Gasteiger partial charge in [0, 0.05) is 31.9 Å². The number of aromatic nitrogens is 1. The van der Waals surface area contributed by atoms with Crippen molar-refractivity contribution in [3.05, 3.63) is 22.3 Å². The first-order chi connectivity index (χ1) is 6.77. The highest BCUT2D eigenvalue weighted by Crippen LogP contribution is 2.24. The summed E-state index contributed by atoms with van der Waals surface area (Å²) in [4.78, 5) is 6.86. The molecule has 0 aliphatic carbocycles. The van der Waals surface area contributed by atoms with E-state index in [2.05, 4.69) is 37.2 Å². The van der Waals surface area contributed by atoms with Crippen molar-refractivity contribution < 1.29 is 0 Å². The molecular formula is C10H14BrN3. The molecule has 76 valence electrons. The van der Waals surface area contributed by atoms with E-state index in [1.54, 1.807) is 0 Å². The number of halogens is 1. The van der Waals surface area contributed by atoms with Gasteiger partial charge in [-0.2, -0.15) is 0 Å². The van der Waals surface area contributed by atoms with Gasteiger partial charge in [-0.3, -0.25) is 0 Å². The molecule has 2 rings (SSSR count). The summed E-state index contributed by atoms with van der Waals surface area (Å²) < 4.78 is 1.09. The highest BCUT2D eigenvalue weighted by Gasteiger charge is 2.14. The van der Waals surface area contributed by atoms with Crippen LogP contribution in [0.4, 0.5) is 5.82 Å². The van der Waals surface area contributed by atoms with Crippen LogP contribution in [0.15, 0.2) is 16.6 Å². The van der Waals surface area contributed by atoms with Crippen molar-refractivity contribution in [2.45, 2.75) is 6.92 Å². The van der Waals surface area contributed by atoms with E-state index in [0.717, 1.165) is 42.2 Å². The Bertz CT molecular complexity index is 321. The molecule has 0 bridgehead atoms. The maximum Gasteiger partial charge on any atom is 0.143 e. The van der Waals surface area contributed by atoms with Crippen LogP contribution in [0.5, 0.6) is 0 Å². The standard InChI is InChI=1S/C10H14BrN3/c1-8-2-3-9(11)10(13-8)14-6-4-12-5-7-14/h2-3,12H,4-7H2,1H3. The minimum Gasteiger partial charge on any atom is -0.353 e. The highest BCUT2D eigenvalue weighted by atomic mass is 79.9. The van der Waals surface area contributed by atoms with Crippen LogP contribution in [0.25, 0.3) is 0 Å². The van der Waals surface area contributed by atoms with Gasteiger partial charge in [-0.1, -0.05) is 0 Å². The molecule has 4 heteroatoms. The molecule has 0 atom stereocenters. The molecule has 1 aliphatic rings. The normalized spacial score (nSPS) is 17.1. The Hall–Kier alpha value is -0.610. The summed E-state index contributed by atoms with van der Waals surface area (Å²) in [5.41, 5.74) is 1.07. The van der Waals surface area contributed by atoms with Gasteiger partial charge in [-0.25, -0.2) is 4.98 Å². The predicted octanol–water partition coefficient (Wildman–Crippen LogP) is 1.56. The smallest absolute Gasteiger partial charge is 0.143 e. The first kappa shape index (κ1) is 9.93. The van der Waals surface area contributed by atoms with Crippen molar-refractivity contribution in [3.8, 4) is 0 Å². The number of piperazine rings is 1. The number of aryl methyl sites for hydroxylation is 1. The van der Waals surface area contributed by atoms with Gasteiger partial charge in [0.25, 0.3) is 0 Å². The first-order valence-electron chi connectivity index (χ1n) is 4.86. The summed E-state index contributed by atoms with van der Waals surface area (Å²) >= 11 is 3.54. The van der Waals surface area contributed by atoms with Crippen molar-refractivity contribution in [1.82, 2.24) is 10.3 Å². The van der Waals surface area contributed by atoms with Crippen LogP contribution in [0.3, 0.4) is 0 Å². The van der Waals surface area contributed by atoms with Gasteiger partial charge >= 0.3 is 0 Å². The molecule has 2 heterocycles. The molecule has 1 saturated heterocycles. The fourth-order valence-electron chi connectivity index (χ4n) is 1.62. The van der Waals surface area contributed by atoms with Gasteiger partial charge in [0.05, 0.1) is 4.47 Å². The number of nitrogens with one attached hydrogen (secondary N) is 1. The Balaban J connectivity index is 2.24. The Morgan fingerprint density at radius 2 is 2.07 bits per heavy atom. The summed E-state index contributed by atoms with van der Waals surface area (Å²) in [5.74, 6) is 1.08. The largest absolute Gasteiger partial charge is 0.353 e. The predicted molar refractivity (Wildman–Crippen MR) is 61.8 cm³/mol. The Kier molecular flexibility index (Phi) is 3.03. The first-order valence-corrected chi connectivity index (χ1v) is 5.65. The highest BCUT2D eigenvalue weighted by molar-refractivity contribution is 9.10. The third kappa shape index (κ3) is 2.07. The van der Waals surface area contributed by atoms with E-state index in [-0.39, 0.29) is 0 Å². The summed E-state index contributed by atoms with van der Waals surface area (Å²) in [5, 5.41) is 3.33. The lowest BCUT2D eigenvalue weighted by molar-refractivity contribution is 0.584. The third-order valence-corrected chi connectivity index (χ3v) is 3.00. The summed E-state index contributed by atoms with van der Waals surface area (Å²) in [6.45, 7) is 6.19. The second-order valence-corrected chi connectivity index (χ2v) is 4.35. The second-order valence-electron chi connectivity index (χ2n) is 3.50. The molecular weight excluding hydrogens is 242 g/mol. The fraction of sp³-hybridized carbons (Fsp3) is 0.500. The van der Waals surface area contributed by atoms with Crippen LogP contribution in [0.1, 0.15) is 5.69 Å². The fourth-order valence-corrected chi connectivity index (χ4v) is 2.10. The van der Waals surface area contributed by atoms with Gasteiger partial charge in [-0.05, 0) is 35.0 Å². The molecule has 0 spiro atoms. The van der Waals surface area contributed by atoms with E-state index in [9.17, 15) is 0 Å². The number of rotatable bonds is 1. The number of pyridine rings is 1. The molecule has 1 aromatic heterocycles. The molecule has 0 unspecified atom stereocenters. The summed E-state index contributed by atoms with van der Waals surface area (Å²) in [7, 11) is 0. The lowest BCUT2D eigenvalue weighted by atomic mass is 10.3. The van der Waals surface area contributed by atoms with Crippen LogP contribution < -0.4 is 10.2 Å². The average molecular weight is 256 g/mol. The molecule has 14 heavy (non-hydrogen) atoms. The van der Waals surface area contributed by atoms with Crippen LogP contribution in [0, 0.1) is 6.92 Å². The molecule has 3 nitrogen and oxygen atoms in total.